The van der Waals surface area contributed by atoms with Gasteiger partial charge in [0, 0.05) is 30.6 Å². The lowest BCUT2D eigenvalue weighted by atomic mass is 10.0. The average Bonchev–Trinajstić information content (AvgIpc) is 3.17. The Balaban J connectivity index is 1.56. The number of nitrogens with one attached hydrogen (secondary N) is 2. The number of carbonyl (C=O) groups excluding carboxylic acids is 2. The Hall–Kier alpha value is -1.89. The third-order valence-electron chi connectivity index (χ3n) is 5.39. The Morgan fingerprint density at radius 1 is 1.21 bits per heavy atom. The molecule has 2 unspecified atom stereocenters. The number of hydrogen-bond donors (Lipinski definition) is 2. The maximum Gasteiger partial charge on any atom is 0.253 e. The summed E-state index contributed by atoms with van der Waals surface area (Å²) in [7, 11) is 0. The van der Waals surface area contributed by atoms with E-state index in [1.54, 1.807) is 24.3 Å². The highest BCUT2D eigenvalue weighted by Crippen LogP contribution is 2.25. The van der Waals surface area contributed by atoms with Crippen molar-refractivity contribution in [3.63, 3.8) is 0 Å². The Morgan fingerprint density at radius 3 is 2.69 bits per heavy atom. The van der Waals surface area contributed by atoms with Crippen LogP contribution in [-0.2, 0) is 17.8 Å². The van der Waals surface area contributed by atoms with E-state index in [2.05, 4.69) is 33.9 Å². The summed E-state index contributed by atoms with van der Waals surface area (Å²) in [5, 5.41) is 8.39. The number of halogens is 1. The number of carbonyl (C=O) groups is 2. The maximum absolute atomic E-state index is 12.8. The van der Waals surface area contributed by atoms with Crippen LogP contribution in [0.15, 0.2) is 35.7 Å². The van der Waals surface area contributed by atoms with Gasteiger partial charge in [-0.2, -0.15) is 0 Å². The first-order chi connectivity index (χ1) is 13.9. The van der Waals surface area contributed by atoms with E-state index in [-0.39, 0.29) is 23.8 Å². The van der Waals surface area contributed by atoms with E-state index < -0.39 is 6.04 Å². The normalized spacial score (nSPS) is 16.2. The highest BCUT2D eigenvalue weighted by molar-refractivity contribution is 7.10. The molecule has 0 aliphatic carbocycles. The van der Waals surface area contributed by atoms with Gasteiger partial charge < -0.3 is 10.6 Å². The van der Waals surface area contributed by atoms with Crippen LogP contribution < -0.4 is 10.6 Å². The van der Waals surface area contributed by atoms with E-state index in [9.17, 15) is 9.59 Å². The molecule has 7 heteroatoms. The molecule has 3 rings (SSSR count). The molecule has 1 aromatic heterocycles. The van der Waals surface area contributed by atoms with Crippen molar-refractivity contribution in [2.24, 2.45) is 5.92 Å². The highest BCUT2D eigenvalue weighted by Gasteiger charge is 2.27. The molecule has 1 aliphatic heterocycles. The summed E-state index contributed by atoms with van der Waals surface area (Å²) >= 11 is 7.94. The second-order valence-corrected chi connectivity index (χ2v) is 9.27. The Kier molecular flexibility index (Phi) is 7.33. The lowest BCUT2D eigenvalue weighted by Gasteiger charge is -2.33. The molecule has 2 N–H and O–H groups in total. The van der Waals surface area contributed by atoms with Crippen molar-refractivity contribution < 1.29 is 9.59 Å². The van der Waals surface area contributed by atoms with Gasteiger partial charge in [0.15, 0.2) is 0 Å². The molecule has 2 atom stereocenters. The first-order valence-corrected chi connectivity index (χ1v) is 11.2. The van der Waals surface area contributed by atoms with Crippen LogP contribution >= 0.6 is 22.9 Å². The predicted octanol–water partition coefficient (Wildman–Crippen LogP) is 3.72. The number of rotatable bonds is 7. The SMILES string of the molecule is CC(C)C(NC(=O)c1ccccc1Cl)C(=O)NCC(C)N1CCc2sccc2C1. The van der Waals surface area contributed by atoms with Crippen LogP contribution in [-0.4, -0.2) is 41.9 Å². The zero-order chi connectivity index (χ0) is 21.0. The molecular weight excluding hydrogens is 406 g/mol. The van der Waals surface area contributed by atoms with E-state index in [1.807, 2.05) is 25.2 Å². The van der Waals surface area contributed by atoms with Crippen LogP contribution in [0.4, 0.5) is 0 Å². The van der Waals surface area contributed by atoms with Crippen LogP contribution in [0.1, 0.15) is 41.6 Å². The molecule has 0 radical (unpaired) electrons. The molecule has 0 saturated carbocycles. The van der Waals surface area contributed by atoms with Crippen molar-refractivity contribution in [3.8, 4) is 0 Å². The van der Waals surface area contributed by atoms with Gasteiger partial charge in [0.1, 0.15) is 6.04 Å². The molecule has 0 bridgehead atoms. The molecule has 156 valence electrons. The van der Waals surface area contributed by atoms with Gasteiger partial charge in [0.25, 0.3) is 5.91 Å². The predicted molar refractivity (Wildman–Crippen MR) is 118 cm³/mol. The molecule has 29 heavy (non-hydrogen) atoms. The second-order valence-electron chi connectivity index (χ2n) is 7.86. The monoisotopic (exact) mass is 433 g/mol. The van der Waals surface area contributed by atoms with Crippen LogP contribution in [0.3, 0.4) is 0 Å². The molecule has 5 nitrogen and oxygen atoms in total. The van der Waals surface area contributed by atoms with Crippen LogP contribution in [0.5, 0.6) is 0 Å². The molecule has 2 heterocycles. The lowest BCUT2D eigenvalue weighted by molar-refractivity contribution is -0.124. The van der Waals surface area contributed by atoms with E-state index in [4.69, 9.17) is 11.6 Å². The Bertz CT molecular complexity index is 867. The fraction of sp³-hybridized carbons (Fsp3) is 0.455. The quantitative estimate of drug-likeness (QED) is 0.699. The van der Waals surface area contributed by atoms with Crippen molar-refractivity contribution in [1.82, 2.24) is 15.5 Å². The maximum atomic E-state index is 12.8. The fourth-order valence-electron chi connectivity index (χ4n) is 3.53. The van der Waals surface area contributed by atoms with E-state index in [1.165, 1.54) is 10.4 Å². The van der Waals surface area contributed by atoms with Gasteiger partial charge >= 0.3 is 0 Å². The van der Waals surface area contributed by atoms with Gasteiger partial charge in [-0.1, -0.05) is 37.6 Å². The number of fused-ring (bicyclic) bond motifs is 1. The first-order valence-electron chi connectivity index (χ1n) is 9.99. The summed E-state index contributed by atoms with van der Waals surface area (Å²) in [6, 6.07) is 8.65. The minimum atomic E-state index is -0.615. The topological polar surface area (TPSA) is 61.4 Å². The zero-order valence-electron chi connectivity index (χ0n) is 17.1. The van der Waals surface area contributed by atoms with Gasteiger partial charge in [-0.3, -0.25) is 14.5 Å². The third-order valence-corrected chi connectivity index (χ3v) is 6.74. The third kappa shape index (κ3) is 5.38. The summed E-state index contributed by atoms with van der Waals surface area (Å²) in [4.78, 5) is 29.2. The fourth-order valence-corrected chi connectivity index (χ4v) is 4.64. The van der Waals surface area contributed by atoms with E-state index >= 15 is 0 Å². The first kappa shape index (κ1) is 21.8. The standard InChI is InChI=1S/C22H28ClN3O2S/c1-14(2)20(25-21(27)17-6-4-5-7-18(17)23)22(28)24-12-15(3)26-10-8-19-16(13-26)9-11-29-19/h4-7,9,11,14-15,20H,8,10,12-13H2,1-3H3,(H,24,28)(H,25,27). The number of amides is 2. The molecule has 0 fully saturated rings. The summed E-state index contributed by atoms with van der Waals surface area (Å²) < 4.78 is 0. The van der Waals surface area contributed by atoms with Crippen molar-refractivity contribution in [3.05, 3.63) is 56.7 Å². The van der Waals surface area contributed by atoms with Crippen molar-refractivity contribution in [2.75, 3.05) is 13.1 Å². The van der Waals surface area contributed by atoms with Gasteiger partial charge in [0.2, 0.25) is 5.91 Å². The highest BCUT2D eigenvalue weighted by atomic mass is 35.5. The number of hydrogen-bond acceptors (Lipinski definition) is 4. The van der Waals surface area contributed by atoms with Gasteiger partial charge in [-0.05, 0) is 48.4 Å². The van der Waals surface area contributed by atoms with Gasteiger partial charge in [0.05, 0.1) is 10.6 Å². The molecule has 1 aliphatic rings. The van der Waals surface area contributed by atoms with Crippen LogP contribution in [0, 0.1) is 5.92 Å². The van der Waals surface area contributed by atoms with Crippen molar-refractivity contribution in [2.45, 2.75) is 45.8 Å². The summed E-state index contributed by atoms with van der Waals surface area (Å²) in [6.45, 7) is 8.44. The largest absolute Gasteiger partial charge is 0.353 e. The number of benzene rings is 1. The molecule has 1 aromatic carbocycles. The number of thiophene rings is 1. The lowest BCUT2D eigenvalue weighted by Crippen LogP contribution is -2.52. The zero-order valence-corrected chi connectivity index (χ0v) is 18.6. The Labute approximate surface area is 181 Å². The minimum Gasteiger partial charge on any atom is -0.353 e. The van der Waals surface area contributed by atoms with Crippen molar-refractivity contribution in [1.29, 1.82) is 0 Å². The summed E-state index contributed by atoms with van der Waals surface area (Å²) in [5.74, 6) is -0.543. The van der Waals surface area contributed by atoms with Gasteiger partial charge in [-0.25, -0.2) is 0 Å². The smallest absolute Gasteiger partial charge is 0.253 e. The molecule has 0 saturated heterocycles. The average molecular weight is 434 g/mol. The molecule has 2 aromatic rings. The van der Waals surface area contributed by atoms with E-state index in [0.717, 1.165) is 19.5 Å². The Morgan fingerprint density at radius 2 is 1.97 bits per heavy atom. The molecule has 0 spiro atoms. The van der Waals surface area contributed by atoms with Crippen LogP contribution in [0.25, 0.3) is 0 Å². The summed E-state index contributed by atoms with van der Waals surface area (Å²) in [6.07, 6.45) is 1.06. The molecule has 2 amide bonds. The summed E-state index contributed by atoms with van der Waals surface area (Å²) in [5.41, 5.74) is 1.77. The number of nitrogens with zero attached hydrogens (tertiary/aromatic N) is 1. The van der Waals surface area contributed by atoms with Crippen molar-refractivity contribution >= 4 is 34.8 Å². The second kappa shape index (κ2) is 9.74. The molecular formula is C22H28ClN3O2S. The minimum absolute atomic E-state index is 0.0416. The van der Waals surface area contributed by atoms with E-state index in [0.29, 0.717) is 17.1 Å². The van der Waals surface area contributed by atoms with Gasteiger partial charge in [-0.15, -0.1) is 11.3 Å². The van der Waals surface area contributed by atoms with Crippen LogP contribution in [0.2, 0.25) is 5.02 Å².